The summed E-state index contributed by atoms with van der Waals surface area (Å²) in [6, 6.07) is 9.77. The lowest BCUT2D eigenvalue weighted by Crippen LogP contribution is -2.22. The van der Waals surface area contributed by atoms with Gasteiger partial charge in [-0.25, -0.2) is 4.98 Å². The molecule has 1 unspecified atom stereocenters. The molecule has 2 aromatic heterocycles. The molecule has 0 aliphatic heterocycles. The zero-order valence-corrected chi connectivity index (χ0v) is 16.4. The van der Waals surface area contributed by atoms with E-state index in [1.54, 1.807) is 7.11 Å². The maximum atomic E-state index is 12.7. The first-order valence-corrected chi connectivity index (χ1v) is 9.98. The van der Waals surface area contributed by atoms with Gasteiger partial charge in [0.05, 0.1) is 12.8 Å². The van der Waals surface area contributed by atoms with Crippen molar-refractivity contribution in [2.45, 2.75) is 32.7 Å². The summed E-state index contributed by atoms with van der Waals surface area (Å²) < 4.78 is 5.15. The molecule has 2 heterocycles. The van der Waals surface area contributed by atoms with E-state index in [9.17, 15) is 4.79 Å². The monoisotopic (exact) mass is 381 g/mol. The number of nitrogens with zero attached hydrogens (tertiary/aromatic N) is 1. The molecule has 3 N–H and O–H groups in total. The standard InChI is InChI=1S/C21H23N3O2S/c1-12-3-8-17-14(9-12)10-16-18(22)19(27-21(16)24-17)20(25)23-11-13-4-6-15(26-2)7-5-13/h4-7,10,12H,3,8-9,11,22H2,1-2H3,(H,23,25). The van der Waals surface area contributed by atoms with Crippen LogP contribution < -0.4 is 15.8 Å². The van der Waals surface area contributed by atoms with E-state index >= 15 is 0 Å². The van der Waals surface area contributed by atoms with Crippen molar-refractivity contribution in [3.05, 3.63) is 52.0 Å². The van der Waals surface area contributed by atoms with Crippen molar-refractivity contribution in [2.75, 3.05) is 12.8 Å². The number of aryl methyl sites for hydroxylation is 1. The molecule has 5 nitrogen and oxygen atoms in total. The Hall–Kier alpha value is -2.60. The number of nitrogens with two attached hydrogens (primary N) is 1. The normalized spacial score (nSPS) is 16.1. The molecule has 0 radical (unpaired) electrons. The van der Waals surface area contributed by atoms with Crippen LogP contribution in [-0.2, 0) is 19.4 Å². The Balaban J connectivity index is 1.55. The lowest BCUT2D eigenvalue weighted by molar-refractivity contribution is 0.0956. The second-order valence-corrected chi connectivity index (χ2v) is 8.17. The number of fused-ring (bicyclic) bond motifs is 2. The molecule has 0 fully saturated rings. The fraction of sp³-hybridized carbons (Fsp3) is 0.333. The van der Waals surface area contributed by atoms with Crippen molar-refractivity contribution < 1.29 is 9.53 Å². The van der Waals surface area contributed by atoms with E-state index < -0.39 is 0 Å². The molecule has 6 heteroatoms. The number of thiophene rings is 1. The first-order valence-electron chi connectivity index (χ1n) is 9.17. The molecule has 27 heavy (non-hydrogen) atoms. The van der Waals surface area contributed by atoms with Crippen molar-refractivity contribution in [3.63, 3.8) is 0 Å². The molecular formula is C21H23N3O2S. The predicted molar refractivity (Wildman–Crippen MR) is 109 cm³/mol. The topological polar surface area (TPSA) is 77.2 Å². The number of ether oxygens (including phenoxy) is 1. The van der Waals surface area contributed by atoms with Crippen LogP contribution in [0.2, 0.25) is 0 Å². The molecular weight excluding hydrogens is 358 g/mol. The summed E-state index contributed by atoms with van der Waals surface area (Å²) >= 11 is 1.38. The van der Waals surface area contributed by atoms with Gasteiger partial charge in [-0.2, -0.15) is 0 Å². The number of carbonyl (C=O) groups excluding carboxylic acids is 1. The lowest BCUT2D eigenvalue weighted by Gasteiger charge is -2.20. The average molecular weight is 382 g/mol. The molecule has 0 bridgehead atoms. The zero-order valence-electron chi connectivity index (χ0n) is 15.5. The minimum absolute atomic E-state index is 0.155. The number of hydrogen-bond donors (Lipinski definition) is 2. The van der Waals surface area contributed by atoms with E-state index in [2.05, 4.69) is 18.3 Å². The minimum Gasteiger partial charge on any atom is -0.497 e. The van der Waals surface area contributed by atoms with Crippen LogP contribution in [0.15, 0.2) is 30.3 Å². The van der Waals surface area contributed by atoms with Crippen LogP contribution in [0.5, 0.6) is 5.75 Å². The summed E-state index contributed by atoms with van der Waals surface area (Å²) in [5.74, 6) is 1.31. The largest absolute Gasteiger partial charge is 0.497 e. The van der Waals surface area contributed by atoms with Gasteiger partial charge in [-0.15, -0.1) is 11.3 Å². The first-order chi connectivity index (χ1) is 13.0. The molecule has 1 aliphatic rings. The van der Waals surface area contributed by atoms with Gasteiger partial charge in [-0.3, -0.25) is 4.79 Å². The molecule has 1 atom stereocenters. The van der Waals surface area contributed by atoms with E-state index in [0.29, 0.717) is 23.0 Å². The van der Waals surface area contributed by atoms with E-state index in [-0.39, 0.29) is 5.91 Å². The number of rotatable bonds is 4. The number of carbonyl (C=O) groups is 1. The second-order valence-electron chi connectivity index (χ2n) is 7.17. The van der Waals surface area contributed by atoms with E-state index in [4.69, 9.17) is 15.5 Å². The first kappa shape index (κ1) is 17.8. The SMILES string of the molecule is COc1ccc(CNC(=O)c2sc3nc4c(cc3c2N)CC(C)CC4)cc1. The van der Waals surface area contributed by atoms with Gasteiger partial charge >= 0.3 is 0 Å². The predicted octanol–water partition coefficient (Wildman–Crippen LogP) is 3.94. The summed E-state index contributed by atoms with van der Waals surface area (Å²) in [7, 11) is 1.63. The zero-order chi connectivity index (χ0) is 19.0. The maximum absolute atomic E-state index is 12.7. The number of pyridine rings is 1. The van der Waals surface area contributed by atoms with Crippen LogP contribution in [-0.4, -0.2) is 18.0 Å². The Morgan fingerprint density at radius 1 is 1.37 bits per heavy atom. The number of benzene rings is 1. The average Bonchev–Trinajstić information content (AvgIpc) is 3.00. The third-order valence-electron chi connectivity index (χ3n) is 5.15. The highest BCUT2D eigenvalue weighted by Gasteiger charge is 2.22. The number of anilines is 1. The Morgan fingerprint density at radius 2 is 2.15 bits per heavy atom. The van der Waals surface area contributed by atoms with Crippen molar-refractivity contribution in [1.82, 2.24) is 10.3 Å². The fourth-order valence-electron chi connectivity index (χ4n) is 3.55. The van der Waals surface area contributed by atoms with Crippen LogP contribution in [0, 0.1) is 5.92 Å². The number of nitrogen functional groups attached to an aromatic ring is 1. The number of aromatic nitrogens is 1. The molecule has 1 aliphatic carbocycles. The van der Waals surface area contributed by atoms with Gasteiger partial charge < -0.3 is 15.8 Å². The van der Waals surface area contributed by atoms with Gasteiger partial charge in [0.15, 0.2) is 0 Å². The summed E-state index contributed by atoms with van der Waals surface area (Å²) in [6.07, 6.45) is 3.21. The number of methoxy groups -OCH3 is 1. The molecule has 4 rings (SSSR count). The lowest BCUT2D eigenvalue weighted by atomic mass is 9.87. The van der Waals surface area contributed by atoms with E-state index in [1.165, 1.54) is 23.3 Å². The van der Waals surface area contributed by atoms with Crippen molar-refractivity contribution in [2.24, 2.45) is 5.92 Å². The Kier molecular flexibility index (Phi) is 4.74. The van der Waals surface area contributed by atoms with E-state index in [1.807, 2.05) is 24.3 Å². The van der Waals surface area contributed by atoms with Crippen LogP contribution in [0.25, 0.3) is 10.2 Å². The third-order valence-corrected chi connectivity index (χ3v) is 6.26. The molecule has 140 valence electrons. The summed E-state index contributed by atoms with van der Waals surface area (Å²) in [4.78, 5) is 18.9. The summed E-state index contributed by atoms with van der Waals surface area (Å²) in [6.45, 7) is 2.71. The van der Waals surface area contributed by atoms with Crippen LogP contribution in [0.4, 0.5) is 5.69 Å². The summed E-state index contributed by atoms with van der Waals surface area (Å²) in [5, 5.41) is 3.86. The smallest absolute Gasteiger partial charge is 0.263 e. The second kappa shape index (κ2) is 7.19. The molecule has 0 saturated heterocycles. The van der Waals surface area contributed by atoms with Gasteiger partial charge in [0.1, 0.15) is 15.5 Å². The van der Waals surface area contributed by atoms with Gasteiger partial charge in [0.2, 0.25) is 0 Å². The number of amides is 1. The molecule has 0 saturated carbocycles. The minimum atomic E-state index is -0.155. The van der Waals surface area contributed by atoms with Crippen LogP contribution in [0.1, 0.15) is 39.8 Å². The van der Waals surface area contributed by atoms with Crippen molar-refractivity contribution in [3.8, 4) is 5.75 Å². The Labute approximate surface area is 162 Å². The van der Waals surface area contributed by atoms with Gasteiger partial charge in [0.25, 0.3) is 5.91 Å². The van der Waals surface area contributed by atoms with Gasteiger partial charge in [0, 0.05) is 17.6 Å². The Bertz CT molecular complexity index is 995. The third kappa shape index (κ3) is 3.49. The van der Waals surface area contributed by atoms with Gasteiger partial charge in [-0.1, -0.05) is 19.1 Å². The molecule has 0 spiro atoms. The van der Waals surface area contributed by atoms with Crippen molar-refractivity contribution >= 4 is 33.1 Å². The highest BCUT2D eigenvalue weighted by molar-refractivity contribution is 7.21. The molecule has 1 amide bonds. The number of hydrogen-bond acceptors (Lipinski definition) is 5. The highest BCUT2D eigenvalue weighted by Crippen LogP contribution is 2.36. The van der Waals surface area contributed by atoms with Gasteiger partial charge in [-0.05, 0) is 54.5 Å². The quantitative estimate of drug-likeness (QED) is 0.717. The maximum Gasteiger partial charge on any atom is 0.263 e. The molecule has 3 aromatic rings. The van der Waals surface area contributed by atoms with Crippen molar-refractivity contribution in [1.29, 1.82) is 0 Å². The number of nitrogens with one attached hydrogen (secondary N) is 1. The summed E-state index contributed by atoms with van der Waals surface area (Å²) in [5.41, 5.74) is 10.3. The molecule has 1 aromatic carbocycles. The van der Waals surface area contributed by atoms with Crippen LogP contribution in [0.3, 0.4) is 0 Å². The van der Waals surface area contributed by atoms with Crippen LogP contribution >= 0.6 is 11.3 Å². The van der Waals surface area contributed by atoms with E-state index in [0.717, 1.165) is 40.1 Å². The highest BCUT2D eigenvalue weighted by atomic mass is 32.1. The Morgan fingerprint density at radius 3 is 2.89 bits per heavy atom. The fourth-order valence-corrected chi connectivity index (χ4v) is 4.56.